The van der Waals surface area contributed by atoms with Crippen molar-refractivity contribution < 1.29 is 13.2 Å². The second kappa shape index (κ2) is 8.38. The van der Waals surface area contributed by atoms with E-state index in [1.165, 1.54) is 29.7 Å². The second-order valence-corrected chi connectivity index (χ2v) is 10.7. The minimum Gasteiger partial charge on any atom is -0.359 e. The number of rotatable bonds is 5. The molecule has 1 amide bonds. The van der Waals surface area contributed by atoms with Crippen molar-refractivity contribution in [2.45, 2.75) is 30.2 Å². The molecule has 0 unspecified atom stereocenters. The zero-order valence-corrected chi connectivity index (χ0v) is 19.5. The number of fused-ring (bicyclic) bond motifs is 1. The normalized spacial score (nSPS) is 18.7. The van der Waals surface area contributed by atoms with E-state index in [0.29, 0.717) is 23.8 Å². The maximum atomic E-state index is 13.3. The molecule has 166 valence electrons. The van der Waals surface area contributed by atoms with Gasteiger partial charge >= 0.3 is 0 Å². The molecular weight excluding hydrogens is 468 g/mol. The molecule has 2 aliphatic rings. The van der Waals surface area contributed by atoms with Crippen molar-refractivity contribution in [2.75, 3.05) is 27.6 Å². The molecule has 0 spiro atoms. The number of anilines is 3. The molecule has 2 aliphatic heterocycles. The summed E-state index contributed by atoms with van der Waals surface area (Å²) in [4.78, 5) is 21.3. The van der Waals surface area contributed by atoms with Gasteiger partial charge in [-0.1, -0.05) is 17.7 Å². The van der Waals surface area contributed by atoms with Gasteiger partial charge in [0, 0.05) is 41.1 Å². The molecule has 7 nitrogen and oxygen atoms in total. The van der Waals surface area contributed by atoms with Crippen molar-refractivity contribution in [3.63, 3.8) is 0 Å². The number of amides is 1. The smallest absolute Gasteiger partial charge is 0.263 e. The number of benzene rings is 2. The summed E-state index contributed by atoms with van der Waals surface area (Å²) in [5.74, 6) is 0.0225. The van der Waals surface area contributed by atoms with Gasteiger partial charge in [-0.2, -0.15) is 0 Å². The summed E-state index contributed by atoms with van der Waals surface area (Å²) in [6.07, 6.45) is 4.12. The molecule has 2 aromatic carbocycles. The lowest BCUT2D eigenvalue weighted by atomic mass is 9.99. The Labute approximate surface area is 195 Å². The van der Waals surface area contributed by atoms with Gasteiger partial charge in [-0.3, -0.25) is 9.52 Å². The molecule has 1 atom stereocenters. The first-order valence-corrected chi connectivity index (χ1v) is 13.1. The van der Waals surface area contributed by atoms with Crippen LogP contribution in [0.3, 0.4) is 0 Å². The molecule has 5 rings (SSSR count). The Hall–Kier alpha value is -2.62. The highest BCUT2D eigenvalue weighted by atomic mass is 35.5. The Bertz CT molecular complexity index is 1250. The Morgan fingerprint density at radius 2 is 1.94 bits per heavy atom. The fourth-order valence-corrected chi connectivity index (χ4v) is 6.45. The molecule has 0 aliphatic carbocycles. The third-order valence-electron chi connectivity index (χ3n) is 5.90. The third kappa shape index (κ3) is 3.85. The van der Waals surface area contributed by atoms with Gasteiger partial charge < -0.3 is 9.80 Å². The number of halogens is 1. The molecule has 1 N–H and O–H groups in total. The fourth-order valence-electron chi connectivity index (χ4n) is 4.40. The number of nitrogens with zero attached hydrogens (tertiary/aromatic N) is 3. The first-order chi connectivity index (χ1) is 15.4. The van der Waals surface area contributed by atoms with Gasteiger partial charge in [0.1, 0.15) is 6.04 Å². The number of carbonyl (C=O) groups is 1. The average Bonchev–Trinajstić information content (AvgIpc) is 3.43. The predicted octanol–water partition coefficient (Wildman–Crippen LogP) is 4.16. The molecular formula is C22H21ClN4O3S2. The van der Waals surface area contributed by atoms with E-state index in [1.54, 1.807) is 22.4 Å². The minimum absolute atomic E-state index is 0.0225. The van der Waals surface area contributed by atoms with Crippen LogP contribution in [-0.4, -0.2) is 38.4 Å². The van der Waals surface area contributed by atoms with Crippen LogP contribution in [0.25, 0.3) is 0 Å². The highest BCUT2D eigenvalue weighted by Crippen LogP contribution is 2.36. The molecule has 10 heteroatoms. The summed E-state index contributed by atoms with van der Waals surface area (Å²) >= 11 is 7.60. The van der Waals surface area contributed by atoms with Crippen LogP contribution in [0, 0.1) is 0 Å². The molecule has 0 bridgehead atoms. The van der Waals surface area contributed by atoms with Crippen LogP contribution in [0.4, 0.5) is 16.5 Å². The van der Waals surface area contributed by atoms with Crippen molar-refractivity contribution in [3.05, 3.63) is 64.6 Å². The van der Waals surface area contributed by atoms with Crippen LogP contribution in [0.2, 0.25) is 5.02 Å². The lowest BCUT2D eigenvalue weighted by molar-refractivity contribution is -0.118. The molecule has 0 saturated carbocycles. The van der Waals surface area contributed by atoms with Crippen molar-refractivity contribution in [2.24, 2.45) is 0 Å². The zero-order valence-electron chi connectivity index (χ0n) is 17.1. The number of aromatic nitrogens is 1. The van der Waals surface area contributed by atoms with E-state index in [2.05, 4.69) is 14.6 Å². The van der Waals surface area contributed by atoms with Gasteiger partial charge in [0.25, 0.3) is 10.0 Å². The fraction of sp³-hybridized carbons (Fsp3) is 0.273. The number of hydrogen-bond donors (Lipinski definition) is 1. The Morgan fingerprint density at radius 1 is 1.12 bits per heavy atom. The highest BCUT2D eigenvalue weighted by molar-refractivity contribution is 7.93. The van der Waals surface area contributed by atoms with E-state index in [-0.39, 0.29) is 16.8 Å². The summed E-state index contributed by atoms with van der Waals surface area (Å²) in [5, 5.41) is 2.76. The van der Waals surface area contributed by atoms with E-state index in [4.69, 9.17) is 11.6 Å². The summed E-state index contributed by atoms with van der Waals surface area (Å²) in [6.45, 7) is 1.40. The van der Waals surface area contributed by atoms with Crippen LogP contribution < -0.4 is 14.5 Å². The molecule has 0 radical (unpaired) electrons. The van der Waals surface area contributed by atoms with Crippen molar-refractivity contribution in [3.8, 4) is 0 Å². The third-order valence-corrected chi connectivity index (χ3v) is 8.42. The molecule has 1 saturated heterocycles. The van der Waals surface area contributed by atoms with Crippen molar-refractivity contribution >= 4 is 55.4 Å². The van der Waals surface area contributed by atoms with Gasteiger partial charge in [-0.05, 0) is 61.2 Å². The first-order valence-electron chi connectivity index (χ1n) is 10.3. The van der Waals surface area contributed by atoms with Gasteiger partial charge in [-0.15, -0.1) is 11.3 Å². The van der Waals surface area contributed by atoms with Crippen LogP contribution in [-0.2, 0) is 21.2 Å². The lowest BCUT2D eigenvalue weighted by Gasteiger charge is -2.35. The van der Waals surface area contributed by atoms with E-state index >= 15 is 0 Å². The molecule has 32 heavy (non-hydrogen) atoms. The number of carbonyl (C=O) groups excluding carboxylic acids is 1. The summed E-state index contributed by atoms with van der Waals surface area (Å²) in [5.41, 5.74) is 2.83. The van der Waals surface area contributed by atoms with Crippen LogP contribution in [0.15, 0.2) is 58.9 Å². The van der Waals surface area contributed by atoms with E-state index in [0.717, 1.165) is 35.7 Å². The molecule has 1 fully saturated rings. The van der Waals surface area contributed by atoms with Crippen molar-refractivity contribution in [1.82, 2.24) is 4.98 Å². The van der Waals surface area contributed by atoms with Gasteiger partial charge in [-0.25, -0.2) is 13.4 Å². The summed E-state index contributed by atoms with van der Waals surface area (Å²) < 4.78 is 27.6. The maximum Gasteiger partial charge on any atom is 0.263 e. The average molecular weight is 489 g/mol. The van der Waals surface area contributed by atoms with Gasteiger partial charge in [0.15, 0.2) is 5.13 Å². The molecule has 3 aromatic rings. The predicted molar refractivity (Wildman–Crippen MR) is 127 cm³/mol. The summed E-state index contributed by atoms with van der Waals surface area (Å²) in [7, 11) is -3.73. The Balaban J connectivity index is 1.34. The second-order valence-electron chi connectivity index (χ2n) is 7.77. The van der Waals surface area contributed by atoms with Gasteiger partial charge in [0.05, 0.1) is 4.90 Å². The maximum absolute atomic E-state index is 13.3. The number of sulfonamides is 1. The Morgan fingerprint density at radius 3 is 2.69 bits per heavy atom. The number of thiazole rings is 1. The van der Waals surface area contributed by atoms with E-state index < -0.39 is 10.0 Å². The molecule has 3 heterocycles. The largest absolute Gasteiger partial charge is 0.359 e. The number of nitrogens with one attached hydrogen (secondary N) is 1. The SMILES string of the molecule is O=C1[C@@H](N2CCCc3c(Cl)cccc32)CCN1c1ccc(S(=O)(=O)Nc2nccs2)cc1. The summed E-state index contributed by atoms with van der Waals surface area (Å²) in [6, 6.07) is 12.0. The number of hydrogen-bond acceptors (Lipinski definition) is 6. The topological polar surface area (TPSA) is 82.6 Å². The molecule has 1 aromatic heterocycles. The van der Waals surface area contributed by atoms with Crippen LogP contribution >= 0.6 is 22.9 Å². The van der Waals surface area contributed by atoms with E-state index in [9.17, 15) is 13.2 Å². The van der Waals surface area contributed by atoms with Crippen LogP contribution in [0.5, 0.6) is 0 Å². The van der Waals surface area contributed by atoms with Gasteiger partial charge in [0.2, 0.25) is 5.91 Å². The van der Waals surface area contributed by atoms with Crippen LogP contribution in [0.1, 0.15) is 18.4 Å². The standard InChI is InChI=1S/C22H21ClN4O3S2/c23-18-4-1-5-19-17(18)3-2-12-27(19)20-10-13-26(21(20)28)15-6-8-16(9-7-15)32(29,30)25-22-24-11-14-31-22/h1,4-9,11,14,20H,2-3,10,12-13H2,(H,24,25)/t20-/m0/s1. The monoisotopic (exact) mass is 488 g/mol. The lowest BCUT2D eigenvalue weighted by Crippen LogP contribution is -2.44. The van der Waals surface area contributed by atoms with Crippen molar-refractivity contribution in [1.29, 1.82) is 0 Å². The minimum atomic E-state index is -3.73. The zero-order chi connectivity index (χ0) is 22.3. The quantitative estimate of drug-likeness (QED) is 0.583. The van der Waals surface area contributed by atoms with E-state index in [1.807, 2.05) is 18.2 Å². The first kappa shape index (κ1) is 21.2. The Kier molecular flexibility index (Phi) is 5.56. The highest BCUT2D eigenvalue weighted by Gasteiger charge is 2.38.